The standard InChI is InChI=1S/C14H20N2/c1-10(2)16-11(3)12-4-6-13(7-5-12)14-8-15-9-14/h4-7,11,14-16H,1,8-9H2,2-3H3. The molecular weight excluding hydrogens is 196 g/mol. The van der Waals surface area contributed by atoms with E-state index in [0.29, 0.717) is 6.04 Å². The van der Waals surface area contributed by atoms with Gasteiger partial charge in [0.05, 0.1) is 0 Å². The van der Waals surface area contributed by atoms with Crippen LogP contribution in [-0.4, -0.2) is 13.1 Å². The van der Waals surface area contributed by atoms with E-state index in [1.165, 1.54) is 11.1 Å². The van der Waals surface area contributed by atoms with E-state index in [-0.39, 0.29) is 0 Å². The minimum Gasteiger partial charge on any atom is -0.383 e. The zero-order chi connectivity index (χ0) is 11.5. The molecule has 1 aliphatic rings. The fourth-order valence-corrected chi connectivity index (χ4v) is 2.03. The summed E-state index contributed by atoms with van der Waals surface area (Å²) in [5.41, 5.74) is 3.78. The molecule has 0 bridgehead atoms. The van der Waals surface area contributed by atoms with Crippen LogP contribution >= 0.6 is 0 Å². The summed E-state index contributed by atoms with van der Waals surface area (Å²) in [6, 6.07) is 9.27. The molecule has 0 saturated carbocycles. The largest absolute Gasteiger partial charge is 0.383 e. The zero-order valence-electron chi connectivity index (χ0n) is 10.1. The third-order valence-corrected chi connectivity index (χ3v) is 3.15. The number of hydrogen-bond donors (Lipinski definition) is 2. The first-order chi connectivity index (χ1) is 7.66. The van der Waals surface area contributed by atoms with E-state index in [1.54, 1.807) is 0 Å². The van der Waals surface area contributed by atoms with Gasteiger partial charge >= 0.3 is 0 Å². The second kappa shape index (κ2) is 4.71. The van der Waals surface area contributed by atoms with Crippen molar-refractivity contribution < 1.29 is 0 Å². The Labute approximate surface area is 97.8 Å². The van der Waals surface area contributed by atoms with E-state index >= 15 is 0 Å². The van der Waals surface area contributed by atoms with Gasteiger partial charge in [-0.1, -0.05) is 30.8 Å². The van der Waals surface area contributed by atoms with Crippen molar-refractivity contribution in [1.29, 1.82) is 0 Å². The molecule has 16 heavy (non-hydrogen) atoms. The average molecular weight is 216 g/mol. The van der Waals surface area contributed by atoms with Gasteiger partial charge < -0.3 is 10.6 Å². The first-order valence-corrected chi connectivity index (χ1v) is 5.89. The summed E-state index contributed by atoms with van der Waals surface area (Å²) in [6.45, 7) is 10.3. The highest BCUT2D eigenvalue weighted by molar-refractivity contribution is 5.29. The molecule has 1 saturated heterocycles. The van der Waals surface area contributed by atoms with E-state index < -0.39 is 0 Å². The van der Waals surface area contributed by atoms with Crippen LogP contribution in [0.3, 0.4) is 0 Å². The maximum atomic E-state index is 3.87. The van der Waals surface area contributed by atoms with E-state index in [0.717, 1.165) is 24.7 Å². The lowest BCUT2D eigenvalue weighted by Gasteiger charge is -2.27. The van der Waals surface area contributed by atoms with Gasteiger partial charge in [0.25, 0.3) is 0 Å². The van der Waals surface area contributed by atoms with Crippen LogP contribution in [0.1, 0.15) is 36.9 Å². The first kappa shape index (κ1) is 11.2. The molecule has 1 fully saturated rings. The van der Waals surface area contributed by atoms with E-state index in [2.05, 4.69) is 48.4 Å². The Kier molecular flexibility index (Phi) is 3.30. The van der Waals surface area contributed by atoms with Crippen molar-refractivity contribution >= 4 is 0 Å². The maximum Gasteiger partial charge on any atom is 0.0482 e. The molecule has 1 atom stereocenters. The van der Waals surface area contributed by atoms with Crippen molar-refractivity contribution in [2.75, 3.05) is 13.1 Å². The summed E-state index contributed by atoms with van der Waals surface area (Å²) in [4.78, 5) is 0. The highest BCUT2D eigenvalue weighted by Crippen LogP contribution is 2.22. The van der Waals surface area contributed by atoms with E-state index in [9.17, 15) is 0 Å². The van der Waals surface area contributed by atoms with Crippen LogP contribution in [0.25, 0.3) is 0 Å². The number of rotatable bonds is 4. The topological polar surface area (TPSA) is 24.1 Å². The van der Waals surface area contributed by atoms with Gasteiger partial charge in [0.1, 0.15) is 0 Å². The van der Waals surface area contributed by atoms with Crippen molar-refractivity contribution in [1.82, 2.24) is 10.6 Å². The van der Waals surface area contributed by atoms with Gasteiger partial charge in [-0.15, -0.1) is 0 Å². The minimum absolute atomic E-state index is 0.339. The maximum absolute atomic E-state index is 3.87. The molecule has 0 radical (unpaired) electrons. The summed E-state index contributed by atoms with van der Waals surface area (Å²) in [5.74, 6) is 0.721. The number of benzene rings is 1. The number of hydrogen-bond acceptors (Lipinski definition) is 2. The Morgan fingerprint density at radius 3 is 2.44 bits per heavy atom. The highest BCUT2D eigenvalue weighted by atomic mass is 14.9. The fourth-order valence-electron chi connectivity index (χ4n) is 2.03. The normalized spacial score (nSPS) is 17.6. The molecule has 0 aliphatic carbocycles. The van der Waals surface area contributed by atoms with Gasteiger partial charge in [-0.05, 0) is 25.0 Å². The van der Waals surface area contributed by atoms with Crippen molar-refractivity contribution in [2.45, 2.75) is 25.8 Å². The summed E-state index contributed by atoms with van der Waals surface area (Å²) in [6.07, 6.45) is 0. The summed E-state index contributed by atoms with van der Waals surface area (Å²) < 4.78 is 0. The van der Waals surface area contributed by atoms with Crippen LogP contribution in [0.4, 0.5) is 0 Å². The molecule has 0 spiro atoms. The number of allylic oxidation sites excluding steroid dienone is 1. The molecule has 2 nitrogen and oxygen atoms in total. The average Bonchev–Trinajstić information content (AvgIpc) is 2.15. The van der Waals surface area contributed by atoms with Gasteiger partial charge in [0, 0.05) is 30.7 Å². The Morgan fingerprint density at radius 1 is 1.38 bits per heavy atom. The van der Waals surface area contributed by atoms with Gasteiger partial charge in [-0.25, -0.2) is 0 Å². The highest BCUT2D eigenvalue weighted by Gasteiger charge is 2.18. The molecule has 0 amide bonds. The predicted octanol–water partition coefficient (Wildman–Crippen LogP) is 2.56. The Morgan fingerprint density at radius 2 is 2.00 bits per heavy atom. The molecule has 2 heteroatoms. The Balaban J connectivity index is 2.03. The van der Waals surface area contributed by atoms with Crippen LogP contribution < -0.4 is 10.6 Å². The summed E-state index contributed by atoms with van der Waals surface area (Å²) in [7, 11) is 0. The summed E-state index contributed by atoms with van der Waals surface area (Å²) in [5, 5.41) is 6.63. The first-order valence-electron chi connectivity index (χ1n) is 5.89. The quantitative estimate of drug-likeness (QED) is 0.808. The monoisotopic (exact) mass is 216 g/mol. The lowest BCUT2D eigenvalue weighted by Crippen LogP contribution is -2.39. The van der Waals surface area contributed by atoms with E-state index in [4.69, 9.17) is 0 Å². The van der Waals surface area contributed by atoms with Crippen LogP contribution in [0, 0.1) is 0 Å². The van der Waals surface area contributed by atoms with Crippen molar-refractivity contribution in [3.8, 4) is 0 Å². The Bertz CT molecular complexity index is 363. The smallest absolute Gasteiger partial charge is 0.0482 e. The molecule has 86 valence electrons. The van der Waals surface area contributed by atoms with Crippen molar-refractivity contribution in [2.24, 2.45) is 0 Å². The van der Waals surface area contributed by atoms with Crippen LogP contribution in [0.5, 0.6) is 0 Å². The SMILES string of the molecule is C=C(C)NC(C)c1ccc(C2CNC2)cc1. The third kappa shape index (κ3) is 2.45. The molecule has 2 N–H and O–H groups in total. The molecule has 1 aromatic rings. The van der Waals surface area contributed by atoms with Crippen molar-refractivity contribution in [3.63, 3.8) is 0 Å². The lowest BCUT2D eigenvalue weighted by molar-refractivity contribution is 0.448. The van der Waals surface area contributed by atoms with Gasteiger partial charge in [-0.3, -0.25) is 0 Å². The lowest BCUT2D eigenvalue weighted by atomic mass is 9.92. The van der Waals surface area contributed by atoms with Crippen molar-refractivity contribution in [3.05, 3.63) is 47.7 Å². The van der Waals surface area contributed by atoms with E-state index in [1.807, 2.05) is 6.92 Å². The second-order valence-corrected chi connectivity index (χ2v) is 4.67. The predicted molar refractivity (Wildman–Crippen MR) is 68.4 cm³/mol. The number of nitrogens with one attached hydrogen (secondary N) is 2. The van der Waals surface area contributed by atoms with Crippen LogP contribution in [0.15, 0.2) is 36.5 Å². The van der Waals surface area contributed by atoms with Gasteiger partial charge in [-0.2, -0.15) is 0 Å². The fraction of sp³-hybridized carbons (Fsp3) is 0.429. The minimum atomic E-state index is 0.339. The molecule has 2 rings (SSSR count). The third-order valence-electron chi connectivity index (χ3n) is 3.15. The zero-order valence-corrected chi connectivity index (χ0v) is 10.1. The van der Waals surface area contributed by atoms with Gasteiger partial charge in [0.2, 0.25) is 0 Å². The second-order valence-electron chi connectivity index (χ2n) is 4.67. The molecule has 1 aromatic carbocycles. The van der Waals surface area contributed by atoms with Crippen LogP contribution in [0.2, 0.25) is 0 Å². The molecular formula is C14H20N2. The van der Waals surface area contributed by atoms with Crippen LogP contribution in [-0.2, 0) is 0 Å². The molecule has 1 aliphatic heterocycles. The summed E-state index contributed by atoms with van der Waals surface area (Å²) >= 11 is 0. The molecule has 0 aromatic heterocycles. The molecule has 1 heterocycles. The Hall–Kier alpha value is -1.28. The van der Waals surface area contributed by atoms with Gasteiger partial charge in [0.15, 0.2) is 0 Å². The molecule has 1 unspecified atom stereocenters.